The fourth-order valence-electron chi connectivity index (χ4n) is 2.27. The molecular formula is C14H15NO4. The number of rotatable bonds is 3. The summed E-state index contributed by atoms with van der Waals surface area (Å²) in [5, 5.41) is 9.10. The first kappa shape index (κ1) is 13.3. The van der Waals surface area contributed by atoms with Crippen LogP contribution in [0.15, 0.2) is 30.3 Å². The Morgan fingerprint density at radius 2 is 1.79 bits per heavy atom. The molecular weight excluding hydrogens is 246 g/mol. The van der Waals surface area contributed by atoms with Gasteiger partial charge in [-0.25, -0.2) is 4.79 Å². The second-order valence-corrected chi connectivity index (χ2v) is 4.54. The molecule has 1 aromatic carbocycles. The van der Waals surface area contributed by atoms with Gasteiger partial charge in [-0.1, -0.05) is 30.3 Å². The van der Waals surface area contributed by atoms with E-state index in [0.29, 0.717) is 18.5 Å². The Kier molecular flexibility index (Phi) is 3.94. The number of carboxylic acids is 1. The highest BCUT2D eigenvalue weighted by molar-refractivity contribution is 6.43. The molecule has 1 N–H and O–H groups in total. The maximum absolute atomic E-state index is 12.1. The van der Waals surface area contributed by atoms with Gasteiger partial charge in [0.05, 0.1) is 0 Å². The van der Waals surface area contributed by atoms with Gasteiger partial charge in [0.25, 0.3) is 5.91 Å². The van der Waals surface area contributed by atoms with Gasteiger partial charge in [-0.15, -0.1) is 0 Å². The fraction of sp³-hybridized carbons (Fsp3) is 0.357. The Balaban J connectivity index is 2.18. The van der Waals surface area contributed by atoms with Gasteiger partial charge >= 0.3 is 5.97 Å². The molecule has 1 aliphatic heterocycles. The van der Waals surface area contributed by atoms with E-state index in [1.54, 1.807) is 30.3 Å². The van der Waals surface area contributed by atoms with Crippen LogP contribution in [-0.4, -0.2) is 40.3 Å². The second kappa shape index (κ2) is 5.65. The molecule has 1 heterocycles. The minimum atomic E-state index is -1.05. The zero-order valence-corrected chi connectivity index (χ0v) is 10.4. The van der Waals surface area contributed by atoms with E-state index in [4.69, 9.17) is 5.11 Å². The maximum atomic E-state index is 12.1. The lowest BCUT2D eigenvalue weighted by molar-refractivity contribution is -0.150. The lowest BCUT2D eigenvalue weighted by atomic mass is 10.0. The van der Waals surface area contributed by atoms with Crippen molar-refractivity contribution in [1.29, 1.82) is 0 Å². The van der Waals surface area contributed by atoms with Crippen LogP contribution in [-0.2, 0) is 9.59 Å². The zero-order valence-electron chi connectivity index (χ0n) is 10.4. The van der Waals surface area contributed by atoms with Crippen molar-refractivity contribution in [2.75, 3.05) is 6.54 Å². The second-order valence-electron chi connectivity index (χ2n) is 4.54. The third-order valence-electron chi connectivity index (χ3n) is 3.28. The summed E-state index contributed by atoms with van der Waals surface area (Å²) in [7, 11) is 0. The number of benzene rings is 1. The number of nitrogens with zero attached hydrogens (tertiary/aromatic N) is 1. The van der Waals surface area contributed by atoms with Crippen LogP contribution in [0.2, 0.25) is 0 Å². The van der Waals surface area contributed by atoms with Crippen molar-refractivity contribution in [1.82, 2.24) is 4.90 Å². The number of likely N-dealkylation sites (tertiary alicyclic amines) is 1. The summed E-state index contributed by atoms with van der Waals surface area (Å²) in [5.74, 6) is -2.42. The summed E-state index contributed by atoms with van der Waals surface area (Å²) in [6, 6.07) is 7.33. The molecule has 0 bridgehead atoms. The molecule has 1 saturated heterocycles. The van der Waals surface area contributed by atoms with Gasteiger partial charge in [-0.2, -0.15) is 0 Å². The normalized spacial score (nSPS) is 18.9. The lowest BCUT2D eigenvalue weighted by Gasteiger charge is -2.32. The van der Waals surface area contributed by atoms with E-state index < -0.39 is 23.7 Å². The number of ketones is 1. The van der Waals surface area contributed by atoms with Crippen LogP contribution in [0.25, 0.3) is 0 Å². The van der Waals surface area contributed by atoms with Gasteiger partial charge in [0.15, 0.2) is 0 Å². The van der Waals surface area contributed by atoms with E-state index in [2.05, 4.69) is 0 Å². The molecule has 1 aliphatic rings. The number of hydrogen-bond donors (Lipinski definition) is 1. The molecule has 1 fully saturated rings. The van der Waals surface area contributed by atoms with E-state index in [9.17, 15) is 14.4 Å². The number of hydrogen-bond acceptors (Lipinski definition) is 3. The predicted octanol–water partition coefficient (Wildman–Crippen LogP) is 1.33. The van der Waals surface area contributed by atoms with Crippen molar-refractivity contribution in [3.8, 4) is 0 Å². The zero-order chi connectivity index (χ0) is 13.8. The number of Topliss-reactive ketones (excluding diaryl/α,β-unsaturated/α-hetero) is 1. The van der Waals surface area contributed by atoms with Crippen molar-refractivity contribution in [2.45, 2.75) is 25.3 Å². The van der Waals surface area contributed by atoms with Crippen molar-refractivity contribution in [2.24, 2.45) is 0 Å². The number of aliphatic carboxylic acids is 1. The number of carbonyl (C=O) groups excluding carboxylic acids is 2. The van der Waals surface area contributed by atoms with E-state index in [1.165, 1.54) is 4.90 Å². The average Bonchev–Trinajstić information content (AvgIpc) is 2.46. The molecule has 2 rings (SSSR count). The largest absolute Gasteiger partial charge is 0.480 e. The molecule has 100 valence electrons. The standard InChI is InChI=1S/C14H15NO4/c16-12(10-6-2-1-3-7-10)13(17)15-9-5-4-8-11(15)14(18)19/h1-3,6-7,11H,4-5,8-9H2,(H,18,19). The van der Waals surface area contributed by atoms with Gasteiger partial charge in [0.1, 0.15) is 6.04 Å². The van der Waals surface area contributed by atoms with Crippen LogP contribution in [0.3, 0.4) is 0 Å². The highest BCUT2D eigenvalue weighted by Gasteiger charge is 2.35. The van der Waals surface area contributed by atoms with Crippen molar-refractivity contribution in [3.05, 3.63) is 35.9 Å². The highest BCUT2D eigenvalue weighted by atomic mass is 16.4. The first-order valence-corrected chi connectivity index (χ1v) is 6.24. The molecule has 0 radical (unpaired) electrons. The number of carbonyl (C=O) groups is 3. The van der Waals surface area contributed by atoms with E-state index in [0.717, 1.165) is 12.8 Å². The number of piperidine rings is 1. The number of amides is 1. The fourth-order valence-corrected chi connectivity index (χ4v) is 2.27. The predicted molar refractivity (Wildman–Crippen MR) is 67.8 cm³/mol. The van der Waals surface area contributed by atoms with Crippen molar-refractivity contribution in [3.63, 3.8) is 0 Å². The molecule has 0 spiro atoms. The average molecular weight is 261 g/mol. The Morgan fingerprint density at radius 1 is 1.11 bits per heavy atom. The molecule has 1 unspecified atom stereocenters. The van der Waals surface area contributed by atoms with Crippen LogP contribution < -0.4 is 0 Å². The van der Waals surface area contributed by atoms with Gasteiger partial charge in [-0.3, -0.25) is 9.59 Å². The molecule has 0 aromatic heterocycles. The van der Waals surface area contributed by atoms with Crippen molar-refractivity contribution < 1.29 is 19.5 Å². The molecule has 0 aliphatic carbocycles. The van der Waals surface area contributed by atoms with Gasteiger partial charge in [0, 0.05) is 12.1 Å². The van der Waals surface area contributed by atoms with E-state index in [-0.39, 0.29) is 0 Å². The number of carboxylic acid groups (broad SMARTS) is 1. The van der Waals surface area contributed by atoms with Gasteiger partial charge < -0.3 is 10.0 Å². The third kappa shape index (κ3) is 2.81. The summed E-state index contributed by atoms with van der Waals surface area (Å²) < 4.78 is 0. The Morgan fingerprint density at radius 3 is 2.42 bits per heavy atom. The molecule has 1 amide bonds. The summed E-state index contributed by atoms with van der Waals surface area (Å²) >= 11 is 0. The quantitative estimate of drug-likeness (QED) is 0.658. The summed E-state index contributed by atoms with van der Waals surface area (Å²) in [4.78, 5) is 36.5. The first-order valence-electron chi connectivity index (χ1n) is 6.24. The smallest absolute Gasteiger partial charge is 0.326 e. The van der Waals surface area contributed by atoms with Crippen LogP contribution in [0, 0.1) is 0 Å². The lowest BCUT2D eigenvalue weighted by Crippen LogP contribution is -2.50. The van der Waals surface area contributed by atoms with Gasteiger partial charge in [-0.05, 0) is 19.3 Å². The molecule has 5 heteroatoms. The molecule has 1 aromatic rings. The van der Waals surface area contributed by atoms with E-state index in [1.807, 2.05) is 0 Å². The molecule has 1 atom stereocenters. The van der Waals surface area contributed by atoms with Crippen LogP contribution >= 0.6 is 0 Å². The minimum absolute atomic E-state index is 0.294. The monoisotopic (exact) mass is 261 g/mol. The first-order chi connectivity index (χ1) is 9.11. The molecule has 0 saturated carbocycles. The van der Waals surface area contributed by atoms with Crippen LogP contribution in [0.5, 0.6) is 0 Å². The topological polar surface area (TPSA) is 74.7 Å². The summed E-state index contributed by atoms with van der Waals surface area (Å²) in [6.45, 7) is 0.328. The summed E-state index contributed by atoms with van der Waals surface area (Å²) in [5.41, 5.74) is 0.294. The Labute approximate surface area is 110 Å². The minimum Gasteiger partial charge on any atom is -0.480 e. The van der Waals surface area contributed by atoms with Crippen molar-refractivity contribution >= 4 is 17.7 Å². The SMILES string of the molecule is O=C(C(=O)N1CCCCC1C(=O)O)c1ccccc1. The van der Waals surface area contributed by atoms with Crippen LogP contribution in [0.1, 0.15) is 29.6 Å². The third-order valence-corrected chi connectivity index (χ3v) is 3.28. The molecule has 5 nitrogen and oxygen atoms in total. The maximum Gasteiger partial charge on any atom is 0.326 e. The Hall–Kier alpha value is -2.17. The molecule has 19 heavy (non-hydrogen) atoms. The van der Waals surface area contributed by atoms with Gasteiger partial charge in [0.2, 0.25) is 5.78 Å². The summed E-state index contributed by atoms with van der Waals surface area (Å²) in [6.07, 6.45) is 1.90. The van der Waals surface area contributed by atoms with Crippen LogP contribution in [0.4, 0.5) is 0 Å². The van der Waals surface area contributed by atoms with E-state index >= 15 is 0 Å². The highest BCUT2D eigenvalue weighted by Crippen LogP contribution is 2.18. The Bertz CT molecular complexity index is 497.